The van der Waals surface area contributed by atoms with Crippen LogP contribution in [0.3, 0.4) is 0 Å². The van der Waals surface area contributed by atoms with Gasteiger partial charge in [0.1, 0.15) is 5.69 Å². The summed E-state index contributed by atoms with van der Waals surface area (Å²) in [5, 5.41) is 2.97. The molecule has 0 bridgehead atoms. The van der Waals surface area contributed by atoms with E-state index in [4.69, 9.17) is 5.73 Å². The van der Waals surface area contributed by atoms with E-state index < -0.39 is 11.9 Å². The Morgan fingerprint density at radius 1 is 1.35 bits per heavy atom. The quantitative estimate of drug-likeness (QED) is 0.823. The summed E-state index contributed by atoms with van der Waals surface area (Å²) in [6.45, 7) is 0.892. The molecule has 2 heterocycles. The molecule has 1 aliphatic heterocycles. The molecule has 1 aliphatic rings. The number of benzene rings is 1. The van der Waals surface area contributed by atoms with Crippen molar-refractivity contribution in [2.75, 3.05) is 11.9 Å². The van der Waals surface area contributed by atoms with Crippen molar-refractivity contribution >= 4 is 51.6 Å². The largest absolute Gasteiger partial charge is 0.456 e. The normalized spacial score (nSPS) is 12.5. The van der Waals surface area contributed by atoms with Gasteiger partial charge in [-0.25, -0.2) is 9.98 Å². The Morgan fingerprint density at radius 3 is 2.91 bits per heavy atom. The fourth-order valence-electron chi connectivity index (χ4n) is 1.83. The van der Waals surface area contributed by atoms with Gasteiger partial charge in [0.05, 0.1) is 9.90 Å². The van der Waals surface area contributed by atoms with Gasteiger partial charge in [-0.3, -0.25) is 14.9 Å². The fraction of sp³-hybridized carbons (Fsp3) is 0.143. The van der Waals surface area contributed by atoms with Crippen LogP contribution in [0.1, 0.15) is 12.6 Å². The highest BCUT2D eigenvalue weighted by molar-refractivity contribution is 8.01. The van der Waals surface area contributed by atoms with Crippen molar-refractivity contribution in [3.63, 3.8) is 0 Å². The number of carbonyl (C=O) groups excluding carboxylic acids is 2. The maximum absolute atomic E-state index is 11.7. The first-order valence-corrected chi connectivity index (χ1v) is 8.21. The molecule has 118 valence electrons. The van der Waals surface area contributed by atoms with Crippen LogP contribution in [0.25, 0.3) is 0 Å². The molecule has 0 unspecified atom stereocenters. The Kier molecular flexibility index (Phi) is 4.30. The first-order chi connectivity index (χ1) is 11.0. The first kappa shape index (κ1) is 15.5. The number of nitrogens with zero attached hydrogens (tertiary/aromatic N) is 2. The molecule has 0 radical (unpaired) electrons. The summed E-state index contributed by atoms with van der Waals surface area (Å²) < 4.78 is 5.48. The number of hydrogen-bond acceptors (Lipinski definition) is 8. The number of anilines is 1. The van der Waals surface area contributed by atoms with Gasteiger partial charge in [0.25, 0.3) is 5.91 Å². The van der Waals surface area contributed by atoms with Crippen LogP contribution in [0.2, 0.25) is 0 Å². The average Bonchev–Trinajstić information content (AvgIpc) is 2.84. The minimum Gasteiger partial charge on any atom is -0.456 e. The number of aromatic nitrogens is 1. The number of rotatable bonds is 3. The van der Waals surface area contributed by atoms with Gasteiger partial charge in [0.2, 0.25) is 0 Å². The molecule has 3 rings (SSSR count). The van der Waals surface area contributed by atoms with E-state index >= 15 is 0 Å². The Labute approximate surface area is 140 Å². The summed E-state index contributed by atoms with van der Waals surface area (Å²) in [7, 11) is 0. The van der Waals surface area contributed by atoms with Crippen molar-refractivity contribution in [1.29, 1.82) is 0 Å². The van der Waals surface area contributed by atoms with E-state index in [1.807, 2.05) is 24.3 Å². The molecular weight excluding hydrogens is 336 g/mol. The lowest BCUT2D eigenvalue weighted by Gasteiger charge is -2.02. The summed E-state index contributed by atoms with van der Waals surface area (Å²) in [6.07, 6.45) is 0. The molecule has 0 spiro atoms. The lowest BCUT2D eigenvalue weighted by molar-refractivity contribution is -0.144. The number of amides is 1. The van der Waals surface area contributed by atoms with Crippen molar-refractivity contribution in [3.05, 3.63) is 30.0 Å². The van der Waals surface area contributed by atoms with Crippen molar-refractivity contribution in [1.82, 2.24) is 4.98 Å². The van der Waals surface area contributed by atoms with Crippen molar-refractivity contribution in [2.45, 2.75) is 16.0 Å². The van der Waals surface area contributed by atoms with E-state index in [1.54, 1.807) is 0 Å². The van der Waals surface area contributed by atoms with Crippen molar-refractivity contribution < 1.29 is 14.3 Å². The number of ether oxygens (including phenoxy) is 1. The number of hydrogen-bond donors (Lipinski definition) is 2. The summed E-state index contributed by atoms with van der Waals surface area (Å²) in [4.78, 5) is 32.0. The molecule has 2 aromatic rings. The Bertz CT molecular complexity index is 816. The molecule has 3 N–H and O–H groups in total. The zero-order valence-electron chi connectivity index (χ0n) is 12.0. The molecule has 9 heteroatoms. The van der Waals surface area contributed by atoms with Gasteiger partial charge in [0.15, 0.2) is 17.6 Å². The Hall–Kier alpha value is -2.39. The van der Waals surface area contributed by atoms with Gasteiger partial charge in [-0.15, -0.1) is 0 Å². The smallest absolute Gasteiger partial charge is 0.303 e. The maximum atomic E-state index is 11.7. The third-order valence-electron chi connectivity index (χ3n) is 2.80. The number of nitrogens with two attached hydrogens (primary N) is 1. The molecule has 0 atom stereocenters. The summed E-state index contributed by atoms with van der Waals surface area (Å²) in [5.74, 6) is -0.669. The van der Waals surface area contributed by atoms with Crippen LogP contribution in [0.15, 0.2) is 38.4 Å². The average molecular weight is 348 g/mol. The molecule has 0 fully saturated rings. The summed E-state index contributed by atoms with van der Waals surface area (Å²) in [6, 6.07) is 7.65. The highest BCUT2D eigenvalue weighted by atomic mass is 32.2. The molecule has 1 aromatic carbocycles. The van der Waals surface area contributed by atoms with Crippen LogP contribution in [-0.2, 0) is 14.3 Å². The van der Waals surface area contributed by atoms with Gasteiger partial charge in [-0.1, -0.05) is 35.2 Å². The van der Waals surface area contributed by atoms with Gasteiger partial charge < -0.3 is 10.5 Å². The highest BCUT2D eigenvalue weighted by Gasteiger charge is 2.21. The van der Waals surface area contributed by atoms with Gasteiger partial charge in [0, 0.05) is 11.8 Å². The standard InChI is InChI=1S/C14H12N4O3S2/c1-7(19)21-6-10(20)17-14-18-11-12(15)16-8-4-2-3-5-9(8)22-13(11)23-14/h2-5H,6H2,1H3,(H2,15,16)(H,17,18,20). The molecular formula is C14H12N4O3S2. The Balaban J connectivity index is 1.82. The lowest BCUT2D eigenvalue weighted by atomic mass is 10.3. The maximum Gasteiger partial charge on any atom is 0.303 e. The van der Waals surface area contributed by atoms with Crippen molar-refractivity contribution in [3.8, 4) is 0 Å². The molecule has 7 nitrogen and oxygen atoms in total. The van der Waals surface area contributed by atoms with E-state index in [1.165, 1.54) is 30.0 Å². The number of aliphatic imine (C=N–C) groups is 1. The van der Waals surface area contributed by atoms with E-state index in [2.05, 4.69) is 20.0 Å². The van der Waals surface area contributed by atoms with Crippen molar-refractivity contribution in [2.24, 2.45) is 10.7 Å². The fourth-order valence-corrected chi connectivity index (χ4v) is 4.04. The number of esters is 1. The minimum atomic E-state index is -0.515. The van der Waals surface area contributed by atoms with Crippen LogP contribution in [0.5, 0.6) is 0 Å². The van der Waals surface area contributed by atoms with Crippen LogP contribution in [0, 0.1) is 0 Å². The number of nitrogens with one attached hydrogen (secondary N) is 1. The third-order valence-corrected chi connectivity index (χ3v) is 5.01. The van der Waals surface area contributed by atoms with Crippen LogP contribution in [-0.4, -0.2) is 29.3 Å². The van der Waals surface area contributed by atoms with E-state index in [0.717, 1.165) is 14.8 Å². The topological polar surface area (TPSA) is 107 Å². The number of thiazole rings is 1. The zero-order chi connectivity index (χ0) is 16.4. The van der Waals surface area contributed by atoms with E-state index in [9.17, 15) is 9.59 Å². The summed E-state index contributed by atoms with van der Waals surface area (Å²) in [5.41, 5.74) is 7.34. The molecule has 1 aromatic heterocycles. The second-order valence-corrected chi connectivity index (χ2v) is 6.86. The molecule has 23 heavy (non-hydrogen) atoms. The lowest BCUT2D eigenvalue weighted by Crippen LogP contribution is -2.20. The van der Waals surface area contributed by atoms with E-state index in [-0.39, 0.29) is 6.61 Å². The van der Waals surface area contributed by atoms with Gasteiger partial charge in [-0.05, 0) is 12.1 Å². The number of amidine groups is 1. The summed E-state index contributed by atoms with van der Waals surface area (Å²) >= 11 is 2.80. The molecule has 0 saturated carbocycles. The molecule has 0 aliphatic carbocycles. The number of fused-ring (bicyclic) bond motifs is 2. The van der Waals surface area contributed by atoms with E-state index in [0.29, 0.717) is 16.7 Å². The van der Waals surface area contributed by atoms with Crippen LogP contribution >= 0.6 is 23.1 Å². The van der Waals surface area contributed by atoms with Crippen LogP contribution < -0.4 is 11.1 Å². The minimum absolute atomic E-state index is 0.300. The molecule has 0 saturated heterocycles. The predicted molar refractivity (Wildman–Crippen MR) is 88.3 cm³/mol. The number of para-hydroxylation sites is 1. The highest BCUT2D eigenvalue weighted by Crippen LogP contribution is 2.43. The van der Waals surface area contributed by atoms with Crippen LogP contribution in [0.4, 0.5) is 10.8 Å². The number of carbonyl (C=O) groups is 2. The molecule has 1 amide bonds. The SMILES string of the molecule is CC(=O)OCC(=O)Nc1nc2c(s1)Sc1ccccc1N=C2N. The first-order valence-electron chi connectivity index (χ1n) is 6.58. The van der Waals surface area contributed by atoms with Gasteiger partial charge >= 0.3 is 5.97 Å². The van der Waals surface area contributed by atoms with Gasteiger partial charge in [-0.2, -0.15) is 0 Å². The second kappa shape index (κ2) is 6.39. The Morgan fingerprint density at radius 2 is 2.13 bits per heavy atom. The monoisotopic (exact) mass is 348 g/mol. The zero-order valence-corrected chi connectivity index (χ0v) is 13.7. The second-order valence-electron chi connectivity index (χ2n) is 4.55. The predicted octanol–water partition coefficient (Wildman–Crippen LogP) is 2.15. The third kappa shape index (κ3) is 3.51.